The third-order valence-electron chi connectivity index (χ3n) is 4.99. The van der Waals surface area contributed by atoms with E-state index in [9.17, 15) is 4.79 Å². The Labute approximate surface area is 166 Å². The third kappa shape index (κ3) is 4.41. The number of halogens is 1. The van der Waals surface area contributed by atoms with Crippen LogP contribution in [-0.4, -0.2) is 52.8 Å². The fourth-order valence-electron chi connectivity index (χ4n) is 3.66. The van der Waals surface area contributed by atoms with Gasteiger partial charge in [0.2, 0.25) is 5.91 Å². The SMILES string of the molecule is Cc1nc(-c2ccccc2)nc(N2CCCN(C(=O)CCl)CC2)c1C(C)C. The first kappa shape index (κ1) is 19.6. The minimum Gasteiger partial charge on any atom is -0.354 e. The van der Waals surface area contributed by atoms with Crippen LogP contribution in [-0.2, 0) is 4.79 Å². The van der Waals surface area contributed by atoms with Gasteiger partial charge in [-0.1, -0.05) is 44.2 Å². The van der Waals surface area contributed by atoms with Crippen LogP contribution in [0.3, 0.4) is 0 Å². The van der Waals surface area contributed by atoms with Crippen LogP contribution in [0.1, 0.15) is 37.4 Å². The van der Waals surface area contributed by atoms with Crippen molar-refractivity contribution in [1.29, 1.82) is 0 Å². The van der Waals surface area contributed by atoms with Gasteiger partial charge in [0.1, 0.15) is 11.7 Å². The van der Waals surface area contributed by atoms with E-state index < -0.39 is 0 Å². The lowest BCUT2D eigenvalue weighted by Crippen LogP contribution is -2.36. The molecule has 0 bridgehead atoms. The Balaban J connectivity index is 1.97. The van der Waals surface area contributed by atoms with Crippen molar-refractivity contribution in [1.82, 2.24) is 14.9 Å². The smallest absolute Gasteiger partial charge is 0.237 e. The van der Waals surface area contributed by atoms with Gasteiger partial charge in [-0.15, -0.1) is 11.6 Å². The summed E-state index contributed by atoms with van der Waals surface area (Å²) in [5.41, 5.74) is 3.23. The second-order valence-electron chi connectivity index (χ2n) is 7.25. The molecule has 1 saturated heterocycles. The Morgan fingerprint density at radius 2 is 1.85 bits per heavy atom. The normalized spacial score (nSPS) is 15.1. The summed E-state index contributed by atoms with van der Waals surface area (Å²) in [6.45, 7) is 9.47. The number of alkyl halides is 1. The zero-order chi connectivity index (χ0) is 19.4. The van der Waals surface area contributed by atoms with Gasteiger partial charge in [0.05, 0.1) is 0 Å². The van der Waals surface area contributed by atoms with E-state index in [1.165, 1.54) is 5.56 Å². The first-order chi connectivity index (χ1) is 13.0. The summed E-state index contributed by atoms with van der Waals surface area (Å²) >= 11 is 5.74. The molecule has 0 spiro atoms. The number of benzene rings is 1. The number of aromatic nitrogens is 2. The topological polar surface area (TPSA) is 49.3 Å². The van der Waals surface area contributed by atoms with E-state index in [-0.39, 0.29) is 11.8 Å². The van der Waals surface area contributed by atoms with Gasteiger partial charge in [0.25, 0.3) is 0 Å². The summed E-state index contributed by atoms with van der Waals surface area (Å²) < 4.78 is 0. The summed E-state index contributed by atoms with van der Waals surface area (Å²) in [5.74, 6) is 2.13. The summed E-state index contributed by atoms with van der Waals surface area (Å²) in [5, 5.41) is 0. The molecule has 0 radical (unpaired) electrons. The molecule has 1 aliphatic rings. The maximum Gasteiger partial charge on any atom is 0.237 e. The molecule has 1 aromatic heterocycles. The minimum absolute atomic E-state index is 0.00597. The summed E-state index contributed by atoms with van der Waals surface area (Å²) in [4.78, 5) is 25.9. The highest BCUT2D eigenvalue weighted by atomic mass is 35.5. The number of carbonyl (C=O) groups excluding carboxylic acids is 1. The highest BCUT2D eigenvalue weighted by Crippen LogP contribution is 2.31. The summed E-state index contributed by atoms with van der Waals surface area (Å²) in [6.07, 6.45) is 0.907. The lowest BCUT2D eigenvalue weighted by atomic mass is 10.0. The van der Waals surface area contributed by atoms with Crippen molar-refractivity contribution in [3.63, 3.8) is 0 Å². The molecule has 0 aliphatic carbocycles. The van der Waals surface area contributed by atoms with Crippen LogP contribution in [0.25, 0.3) is 11.4 Å². The number of rotatable bonds is 4. The molecule has 1 aliphatic heterocycles. The molecule has 0 N–H and O–H groups in total. The molecule has 2 aromatic rings. The molecular weight excluding hydrogens is 360 g/mol. The zero-order valence-corrected chi connectivity index (χ0v) is 17.0. The monoisotopic (exact) mass is 386 g/mol. The molecule has 0 saturated carbocycles. The van der Waals surface area contributed by atoms with Gasteiger partial charge >= 0.3 is 0 Å². The predicted molar refractivity (Wildman–Crippen MR) is 110 cm³/mol. The van der Waals surface area contributed by atoms with Crippen molar-refractivity contribution >= 4 is 23.3 Å². The van der Waals surface area contributed by atoms with Gasteiger partial charge in [-0.2, -0.15) is 0 Å². The third-order valence-corrected chi connectivity index (χ3v) is 5.22. The molecule has 5 nitrogen and oxygen atoms in total. The van der Waals surface area contributed by atoms with Gasteiger partial charge in [-0.05, 0) is 19.3 Å². The molecule has 1 fully saturated rings. The standard InChI is InChI=1S/C21H27ClN4O/c1-15(2)19-16(3)23-20(17-8-5-4-6-9-17)24-21(19)26-11-7-10-25(12-13-26)18(27)14-22/h4-6,8-9,15H,7,10-14H2,1-3H3. The predicted octanol–water partition coefficient (Wildman–Crippen LogP) is 3.85. The number of carbonyl (C=O) groups is 1. The van der Waals surface area contributed by atoms with Crippen LogP contribution in [0.4, 0.5) is 5.82 Å². The van der Waals surface area contributed by atoms with Gasteiger partial charge in [0, 0.05) is 43.0 Å². The zero-order valence-electron chi connectivity index (χ0n) is 16.3. The second kappa shape index (κ2) is 8.70. The average molecular weight is 387 g/mol. The van der Waals surface area contributed by atoms with Crippen LogP contribution < -0.4 is 4.90 Å². The Morgan fingerprint density at radius 3 is 2.52 bits per heavy atom. The first-order valence-corrected chi connectivity index (χ1v) is 10.1. The molecule has 0 atom stereocenters. The van der Waals surface area contributed by atoms with E-state index in [0.717, 1.165) is 49.0 Å². The van der Waals surface area contributed by atoms with Crippen molar-refractivity contribution in [3.8, 4) is 11.4 Å². The van der Waals surface area contributed by atoms with Gasteiger partial charge < -0.3 is 9.80 Å². The first-order valence-electron chi connectivity index (χ1n) is 9.54. The molecule has 0 unspecified atom stereocenters. The van der Waals surface area contributed by atoms with Crippen molar-refractivity contribution in [2.24, 2.45) is 0 Å². The Hall–Kier alpha value is -2.14. The van der Waals surface area contributed by atoms with Crippen molar-refractivity contribution in [2.75, 3.05) is 37.0 Å². The highest BCUT2D eigenvalue weighted by molar-refractivity contribution is 6.27. The number of hydrogen-bond donors (Lipinski definition) is 0. The molecule has 27 heavy (non-hydrogen) atoms. The largest absolute Gasteiger partial charge is 0.354 e. The van der Waals surface area contributed by atoms with E-state index in [1.807, 2.05) is 35.2 Å². The van der Waals surface area contributed by atoms with Crippen LogP contribution >= 0.6 is 11.6 Å². The van der Waals surface area contributed by atoms with Crippen LogP contribution in [0.15, 0.2) is 30.3 Å². The lowest BCUT2D eigenvalue weighted by Gasteiger charge is -2.27. The molecule has 144 valence electrons. The summed E-state index contributed by atoms with van der Waals surface area (Å²) in [6, 6.07) is 10.1. The van der Waals surface area contributed by atoms with Gasteiger partial charge in [-0.25, -0.2) is 9.97 Å². The lowest BCUT2D eigenvalue weighted by molar-refractivity contribution is -0.128. The molecule has 1 aromatic carbocycles. The highest BCUT2D eigenvalue weighted by Gasteiger charge is 2.24. The van der Waals surface area contributed by atoms with Crippen molar-refractivity contribution < 1.29 is 4.79 Å². The second-order valence-corrected chi connectivity index (χ2v) is 7.51. The number of amides is 1. The van der Waals surface area contributed by atoms with Gasteiger partial charge in [-0.3, -0.25) is 4.79 Å². The molecule has 6 heteroatoms. The van der Waals surface area contributed by atoms with Crippen LogP contribution in [0, 0.1) is 6.92 Å². The van der Waals surface area contributed by atoms with Crippen molar-refractivity contribution in [2.45, 2.75) is 33.1 Å². The quantitative estimate of drug-likeness (QED) is 0.749. The van der Waals surface area contributed by atoms with Crippen molar-refractivity contribution in [3.05, 3.63) is 41.6 Å². The Bertz CT molecular complexity index is 794. The Kier molecular flexibility index (Phi) is 6.32. The summed E-state index contributed by atoms with van der Waals surface area (Å²) in [7, 11) is 0. The van der Waals surface area contributed by atoms with Crippen LogP contribution in [0.5, 0.6) is 0 Å². The Morgan fingerprint density at radius 1 is 1.11 bits per heavy atom. The number of aryl methyl sites for hydroxylation is 1. The molecule has 3 rings (SSSR count). The maximum atomic E-state index is 12.0. The average Bonchev–Trinajstić information content (AvgIpc) is 2.93. The molecule has 2 heterocycles. The van der Waals surface area contributed by atoms with E-state index >= 15 is 0 Å². The fraction of sp³-hybridized carbons (Fsp3) is 0.476. The maximum absolute atomic E-state index is 12.0. The van der Waals surface area contributed by atoms with Gasteiger partial charge in [0.15, 0.2) is 5.82 Å². The van der Waals surface area contributed by atoms with Crippen LogP contribution in [0.2, 0.25) is 0 Å². The molecule has 1 amide bonds. The fourth-order valence-corrected chi connectivity index (χ4v) is 3.83. The van der Waals surface area contributed by atoms with E-state index in [0.29, 0.717) is 12.5 Å². The van der Waals surface area contributed by atoms with E-state index in [4.69, 9.17) is 21.6 Å². The number of nitrogens with zero attached hydrogens (tertiary/aromatic N) is 4. The molecular formula is C21H27ClN4O. The number of hydrogen-bond acceptors (Lipinski definition) is 4. The minimum atomic E-state index is 0.00597. The van der Waals surface area contributed by atoms with E-state index in [1.54, 1.807) is 0 Å². The van der Waals surface area contributed by atoms with E-state index in [2.05, 4.69) is 25.7 Å². The number of anilines is 1.